The summed E-state index contributed by atoms with van der Waals surface area (Å²) in [4.78, 5) is 2.28. The van der Waals surface area contributed by atoms with Crippen LogP contribution < -0.4 is 9.55 Å². The number of hydrogen-bond donors (Lipinski definition) is 1. The SMILES string of the molecule is O[B]Oc1ccc(-c2ccccc2N(c2cccc(-c3ccccc3)c2)c2cccc3c2oc2ccccc23)cc1. The van der Waals surface area contributed by atoms with Crippen LogP contribution in [0.4, 0.5) is 17.1 Å². The first kappa shape index (κ1) is 24.8. The summed E-state index contributed by atoms with van der Waals surface area (Å²) < 4.78 is 11.7. The van der Waals surface area contributed by atoms with E-state index in [1.165, 1.54) is 0 Å². The van der Waals surface area contributed by atoms with E-state index in [4.69, 9.17) is 14.1 Å². The van der Waals surface area contributed by atoms with Crippen LogP contribution in [0.15, 0.2) is 150 Å². The number of benzene rings is 6. The molecule has 0 bridgehead atoms. The molecule has 0 saturated heterocycles. The number of anilines is 3. The molecule has 0 aliphatic carbocycles. The number of furan rings is 1. The van der Waals surface area contributed by atoms with Gasteiger partial charge < -0.3 is 19.0 Å². The van der Waals surface area contributed by atoms with Crippen LogP contribution in [0.2, 0.25) is 0 Å². The Morgan fingerprint density at radius 3 is 2.10 bits per heavy atom. The van der Waals surface area contributed by atoms with Crippen molar-refractivity contribution in [2.45, 2.75) is 0 Å². The van der Waals surface area contributed by atoms with Gasteiger partial charge in [0, 0.05) is 22.0 Å². The predicted molar refractivity (Wildman–Crippen MR) is 168 cm³/mol. The van der Waals surface area contributed by atoms with Crippen molar-refractivity contribution in [1.29, 1.82) is 0 Å². The van der Waals surface area contributed by atoms with Gasteiger partial charge in [0.25, 0.3) is 0 Å². The summed E-state index contributed by atoms with van der Waals surface area (Å²) in [6.45, 7) is 0. The lowest BCUT2D eigenvalue weighted by molar-refractivity contribution is 0.454. The summed E-state index contributed by atoms with van der Waals surface area (Å²) >= 11 is 0. The van der Waals surface area contributed by atoms with Gasteiger partial charge in [0.2, 0.25) is 0 Å². The zero-order valence-electron chi connectivity index (χ0n) is 22.1. The standard InChI is InChI=1S/C36H25BNO3/c39-37-41-29-22-20-26(21-23-29)30-14-4-6-17-33(30)38(28-13-8-12-27(24-28)25-10-2-1-3-11-25)34-18-9-16-32-31-15-5-7-19-35(31)40-36(32)34/h1-24,39H. The Morgan fingerprint density at radius 1 is 0.561 bits per heavy atom. The quantitative estimate of drug-likeness (QED) is 0.209. The van der Waals surface area contributed by atoms with Gasteiger partial charge >= 0.3 is 7.69 Å². The molecule has 1 heterocycles. The molecule has 0 unspecified atom stereocenters. The summed E-state index contributed by atoms with van der Waals surface area (Å²) in [5.41, 5.74) is 9.01. The highest BCUT2D eigenvalue weighted by Crippen LogP contribution is 2.45. The van der Waals surface area contributed by atoms with E-state index >= 15 is 0 Å². The van der Waals surface area contributed by atoms with Gasteiger partial charge in [0.05, 0.1) is 11.4 Å². The zero-order chi connectivity index (χ0) is 27.6. The van der Waals surface area contributed by atoms with Crippen LogP contribution in [-0.2, 0) is 0 Å². The van der Waals surface area contributed by atoms with E-state index in [9.17, 15) is 0 Å². The Balaban J connectivity index is 1.47. The molecule has 7 aromatic rings. The molecule has 0 atom stereocenters. The highest BCUT2D eigenvalue weighted by atomic mass is 16.5. The minimum atomic E-state index is 0.563. The van der Waals surface area contributed by atoms with Gasteiger partial charge in [-0.1, -0.05) is 103 Å². The summed E-state index contributed by atoms with van der Waals surface area (Å²) in [5.74, 6) is 0.563. The lowest BCUT2D eigenvalue weighted by Crippen LogP contribution is -2.11. The molecule has 1 radical (unpaired) electrons. The highest BCUT2D eigenvalue weighted by molar-refractivity contribution is 6.17. The van der Waals surface area contributed by atoms with E-state index in [1.54, 1.807) is 0 Å². The van der Waals surface area contributed by atoms with E-state index in [1.807, 2.05) is 54.6 Å². The molecule has 0 amide bonds. The number of nitrogens with zero attached hydrogens (tertiary/aromatic N) is 1. The topological polar surface area (TPSA) is 45.8 Å². The molecule has 6 aromatic carbocycles. The second-order valence-electron chi connectivity index (χ2n) is 9.77. The number of para-hydroxylation sites is 3. The van der Waals surface area contributed by atoms with Gasteiger partial charge in [0.1, 0.15) is 11.3 Å². The van der Waals surface area contributed by atoms with Crippen molar-refractivity contribution < 1.29 is 14.1 Å². The predicted octanol–water partition coefficient (Wildman–Crippen LogP) is 9.30. The molecular weight excluding hydrogens is 505 g/mol. The van der Waals surface area contributed by atoms with Crippen LogP contribution in [0.3, 0.4) is 0 Å². The van der Waals surface area contributed by atoms with Crippen molar-refractivity contribution in [2.24, 2.45) is 0 Å². The fraction of sp³-hybridized carbons (Fsp3) is 0. The smallest absolute Gasteiger partial charge is 0.537 e. The van der Waals surface area contributed by atoms with Crippen LogP contribution in [0.1, 0.15) is 0 Å². The molecular formula is C36H25BNO3. The minimum absolute atomic E-state index is 0.563. The molecule has 4 nitrogen and oxygen atoms in total. The molecule has 5 heteroatoms. The first-order chi connectivity index (χ1) is 20.3. The van der Waals surface area contributed by atoms with Crippen LogP contribution in [0, 0.1) is 0 Å². The van der Waals surface area contributed by atoms with Crippen molar-refractivity contribution in [3.8, 4) is 28.0 Å². The normalized spacial score (nSPS) is 11.0. The van der Waals surface area contributed by atoms with Gasteiger partial charge in [-0.2, -0.15) is 0 Å². The van der Waals surface area contributed by atoms with Crippen molar-refractivity contribution in [2.75, 3.05) is 4.90 Å². The Hall–Kier alpha value is -5.26. The largest absolute Gasteiger partial charge is 0.569 e. The summed E-state index contributed by atoms with van der Waals surface area (Å²) in [5, 5.41) is 11.2. The molecule has 0 saturated carbocycles. The fourth-order valence-electron chi connectivity index (χ4n) is 5.46. The van der Waals surface area contributed by atoms with E-state index < -0.39 is 0 Å². The second-order valence-corrected chi connectivity index (χ2v) is 9.77. The zero-order valence-corrected chi connectivity index (χ0v) is 22.1. The van der Waals surface area contributed by atoms with E-state index in [-0.39, 0.29) is 0 Å². The summed E-state index contributed by atoms with van der Waals surface area (Å²) in [6.07, 6.45) is 0. The van der Waals surface area contributed by atoms with E-state index in [0.717, 1.165) is 61.3 Å². The Labute approximate surface area is 239 Å². The van der Waals surface area contributed by atoms with Gasteiger partial charge in [0.15, 0.2) is 5.58 Å². The summed E-state index contributed by atoms with van der Waals surface area (Å²) in [7, 11) is 0.693. The molecule has 1 aromatic heterocycles. The van der Waals surface area contributed by atoms with Crippen molar-refractivity contribution >= 4 is 46.7 Å². The monoisotopic (exact) mass is 530 g/mol. The van der Waals surface area contributed by atoms with Gasteiger partial charge in [-0.25, -0.2) is 0 Å². The molecule has 0 spiro atoms. The van der Waals surface area contributed by atoms with Crippen LogP contribution in [0.25, 0.3) is 44.2 Å². The fourth-order valence-corrected chi connectivity index (χ4v) is 5.46. The van der Waals surface area contributed by atoms with Gasteiger partial charge in [-0.05, 0) is 59.2 Å². The number of fused-ring (bicyclic) bond motifs is 3. The van der Waals surface area contributed by atoms with Gasteiger partial charge in [-0.3, -0.25) is 0 Å². The molecule has 1 N–H and O–H groups in total. The molecule has 0 aliphatic rings. The first-order valence-electron chi connectivity index (χ1n) is 13.5. The lowest BCUT2D eigenvalue weighted by Gasteiger charge is -2.28. The average Bonchev–Trinajstić information content (AvgIpc) is 3.42. The number of hydrogen-bond acceptors (Lipinski definition) is 4. The third-order valence-electron chi connectivity index (χ3n) is 7.33. The van der Waals surface area contributed by atoms with Crippen molar-refractivity contribution in [3.63, 3.8) is 0 Å². The molecule has 7 rings (SSSR count). The highest BCUT2D eigenvalue weighted by Gasteiger charge is 2.22. The molecule has 0 aliphatic heterocycles. The Bertz CT molecular complexity index is 1970. The van der Waals surface area contributed by atoms with Crippen LogP contribution in [0.5, 0.6) is 5.75 Å². The van der Waals surface area contributed by atoms with Crippen LogP contribution in [-0.4, -0.2) is 12.7 Å². The number of rotatable bonds is 7. The maximum absolute atomic E-state index is 9.06. The van der Waals surface area contributed by atoms with Crippen molar-refractivity contribution in [1.82, 2.24) is 0 Å². The third kappa shape index (κ3) is 4.63. The molecule has 0 fully saturated rings. The minimum Gasteiger partial charge on any atom is -0.537 e. The average molecular weight is 530 g/mol. The van der Waals surface area contributed by atoms with Crippen LogP contribution >= 0.6 is 0 Å². The summed E-state index contributed by atoms with van der Waals surface area (Å²) in [6, 6.07) is 49.6. The third-order valence-corrected chi connectivity index (χ3v) is 7.33. The van der Waals surface area contributed by atoms with Gasteiger partial charge in [-0.15, -0.1) is 0 Å². The van der Waals surface area contributed by atoms with Crippen molar-refractivity contribution in [3.05, 3.63) is 146 Å². The Morgan fingerprint density at radius 2 is 1.24 bits per heavy atom. The maximum Gasteiger partial charge on any atom is 0.569 e. The Kier molecular flexibility index (Phi) is 6.48. The first-order valence-corrected chi connectivity index (χ1v) is 13.5. The molecule has 41 heavy (non-hydrogen) atoms. The van der Waals surface area contributed by atoms with E-state index in [2.05, 4.69) is 95.9 Å². The molecule has 195 valence electrons. The second kappa shape index (κ2) is 10.7. The lowest BCUT2D eigenvalue weighted by atomic mass is 10.00. The van der Waals surface area contributed by atoms with E-state index in [0.29, 0.717) is 13.4 Å². The maximum atomic E-state index is 9.06.